The highest BCUT2D eigenvalue weighted by Gasteiger charge is 2.12. The maximum atomic E-state index is 12.3. The summed E-state index contributed by atoms with van der Waals surface area (Å²) < 4.78 is 2.27. The van der Waals surface area contributed by atoms with Gasteiger partial charge in [-0.2, -0.15) is 0 Å². The Morgan fingerprint density at radius 1 is 1.25 bits per heavy atom. The number of amides is 1. The maximum absolute atomic E-state index is 12.3. The monoisotopic (exact) mass is 334 g/mol. The van der Waals surface area contributed by atoms with Crippen LogP contribution in [0.15, 0.2) is 39.7 Å². The van der Waals surface area contributed by atoms with Crippen molar-refractivity contribution in [1.82, 2.24) is 4.57 Å². The van der Waals surface area contributed by atoms with Gasteiger partial charge in [-0.05, 0) is 49.2 Å². The molecule has 0 aliphatic heterocycles. The predicted molar refractivity (Wildman–Crippen MR) is 83.3 cm³/mol. The van der Waals surface area contributed by atoms with Crippen LogP contribution in [0.3, 0.4) is 0 Å². The third-order valence-corrected chi connectivity index (χ3v) is 3.48. The van der Waals surface area contributed by atoms with E-state index in [9.17, 15) is 9.59 Å². The van der Waals surface area contributed by atoms with Crippen LogP contribution in [0.25, 0.3) is 0 Å². The van der Waals surface area contributed by atoms with E-state index in [0.717, 1.165) is 15.6 Å². The molecule has 1 aromatic heterocycles. The number of hydrogen-bond donors (Lipinski definition) is 1. The molecule has 0 fully saturated rings. The van der Waals surface area contributed by atoms with Crippen molar-refractivity contribution < 1.29 is 4.79 Å². The first-order chi connectivity index (χ1) is 9.38. The fourth-order valence-corrected chi connectivity index (χ4v) is 2.53. The van der Waals surface area contributed by atoms with Gasteiger partial charge in [0.05, 0.1) is 0 Å². The van der Waals surface area contributed by atoms with Gasteiger partial charge in [-0.3, -0.25) is 9.59 Å². The van der Waals surface area contributed by atoms with Crippen molar-refractivity contribution in [3.8, 4) is 0 Å². The molecule has 0 aliphatic carbocycles. The summed E-state index contributed by atoms with van der Waals surface area (Å²) in [5.41, 5.74) is 2.33. The molecule has 2 aromatic rings. The summed E-state index contributed by atoms with van der Waals surface area (Å²) in [5, 5.41) is 2.70. The van der Waals surface area contributed by atoms with Gasteiger partial charge in [0.2, 0.25) is 0 Å². The zero-order chi connectivity index (χ0) is 14.9. The van der Waals surface area contributed by atoms with Crippen LogP contribution in [0.1, 0.15) is 21.5 Å². The number of aryl methyl sites for hydroxylation is 3. The number of pyridine rings is 1. The Morgan fingerprint density at radius 3 is 2.60 bits per heavy atom. The number of carbonyl (C=O) groups is 1. The standard InChI is InChI=1S/C15H15BrN2O2/c1-9-6-11(8-12(16)7-9)14(19)17-13-10(2)4-5-18(3)15(13)20/h4-8H,1-3H3,(H,17,19). The van der Waals surface area contributed by atoms with Gasteiger partial charge in [-0.25, -0.2) is 0 Å². The lowest BCUT2D eigenvalue weighted by molar-refractivity contribution is 0.102. The first-order valence-corrected chi connectivity index (χ1v) is 6.92. The second kappa shape index (κ2) is 5.63. The molecule has 0 bridgehead atoms. The summed E-state index contributed by atoms with van der Waals surface area (Å²) in [6.07, 6.45) is 1.68. The van der Waals surface area contributed by atoms with Crippen molar-refractivity contribution in [2.45, 2.75) is 13.8 Å². The fraction of sp³-hybridized carbons (Fsp3) is 0.200. The van der Waals surface area contributed by atoms with Crippen LogP contribution >= 0.6 is 15.9 Å². The van der Waals surface area contributed by atoms with Crippen LogP contribution in [0.2, 0.25) is 0 Å². The van der Waals surface area contributed by atoms with E-state index >= 15 is 0 Å². The normalized spacial score (nSPS) is 10.4. The molecule has 20 heavy (non-hydrogen) atoms. The Morgan fingerprint density at radius 2 is 1.95 bits per heavy atom. The highest BCUT2D eigenvalue weighted by Crippen LogP contribution is 2.17. The number of nitrogens with one attached hydrogen (secondary N) is 1. The number of nitrogens with zero attached hydrogens (tertiary/aromatic N) is 1. The average molecular weight is 335 g/mol. The molecule has 0 spiro atoms. The SMILES string of the molecule is Cc1cc(Br)cc(C(=O)Nc2c(C)ccn(C)c2=O)c1. The Bertz CT molecular complexity index is 715. The molecule has 0 radical (unpaired) electrons. The summed E-state index contributed by atoms with van der Waals surface area (Å²) >= 11 is 3.36. The van der Waals surface area contributed by atoms with E-state index in [1.165, 1.54) is 4.57 Å². The Kier molecular flexibility index (Phi) is 4.09. The van der Waals surface area contributed by atoms with E-state index in [0.29, 0.717) is 11.3 Å². The summed E-state index contributed by atoms with van der Waals surface area (Å²) in [6.45, 7) is 3.71. The lowest BCUT2D eigenvalue weighted by Gasteiger charge is -2.10. The van der Waals surface area contributed by atoms with E-state index in [1.54, 1.807) is 38.4 Å². The minimum Gasteiger partial charge on any atom is -0.317 e. The largest absolute Gasteiger partial charge is 0.317 e. The third kappa shape index (κ3) is 2.99. The lowest BCUT2D eigenvalue weighted by atomic mass is 10.1. The van der Waals surface area contributed by atoms with Crippen molar-refractivity contribution in [2.75, 3.05) is 5.32 Å². The molecular weight excluding hydrogens is 320 g/mol. The van der Waals surface area contributed by atoms with Crippen molar-refractivity contribution in [1.29, 1.82) is 0 Å². The van der Waals surface area contributed by atoms with Crippen molar-refractivity contribution >= 4 is 27.5 Å². The Hall–Kier alpha value is -1.88. The van der Waals surface area contributed by atoms with Gasteiger partial charge < -0.3 is 9.88 Å². The molecule has 5 heteroatoms. The highest BCUT2D eigenvalue weighted by atomic mass is 79.9. The van der Waals surface area contributed by atoms with E-state index in [1.807, 2.05) is 13.0 Å². The Balaban J connectivity index is 2.38. The van der Waals surface area contributed by atoms with Gasteiger partial charge in [0, 0.05) is 23.3 Å². The number of halogens is 1. The van der Waals surface area contributed by atoms with E-state index in [4.69, 9.17) is 0 Å². The zero-order valence-electron chi connectivity index (χ0n) is 11.5. The molecule has 104 valence electrons. The average Bonchev–Trinajstić information content (AvgIpc) is 2.38. The van der Waals surface area contributed by atoms with Gasteiger partial charge in [0.25, 0.3) is 11.5 Å². The van der Waals surface area contributed by atoms with E-state index in [2.05, 4.69) is 21.2 Å². The molecule has 0 atom stereocenters. The molecule has 0 saturated carbocycles. The molecule has 2 rings (SSSR count). The summed E-state index contributed by atoms with van der Waals surface area (Å²) in [6, 6.07) is 7.22. The Labute approximate surface area is 125 Å². The number of anilines is 1. The molecule has 1 aromatic carbocycles. The van der Waals surface area contributed by atoms with Gasteiger partial charge in [0.1, 0.15) is 5.69 Å². The summed E-state index contributed by atoms with van der Waals surface area (Å²) in [5.74, 6) is -0.291. The molecule has 0 unspecified atom stereocenters. The highest BCUT2D eigenvalue weighted by molar-refractivity contribution is 9.10. The number of hydrogen-bond acceptors (Lipinski definition) is 2. The van der Waals surface area contributed by atoms with Crippen LogP contribution < -0.4 is 10.9 Å². The van der Waals surface area contributed by atoms with Crippen LogP contribution in [0, 0.1) is 13.8 Å². The first-order valence-electron chi connectivity index (χ1n) is 6.13. The molecule has 0 aliphatic rings. The minimum absolute atomic E-state index is 0.218. The van der Waals surface area contributed by atoms with Crippen LogP contribution in [0.5, 0.6) is 0 Å². The molecule has 0 saturated heterocycles. The summed E-state index contributed by atoms with van der Waals surface area (Å²) in [4.78, 5) is 24.3. The predicted octanol–water partition coefficient (Wildman–Crippen LogP) is 3.02. The summed E-state index contributed by atoms with van der Waals surface area (Å²) in [7, 11) is 1.65. The topological polar surface area (TPSA) is 51.1 Å². The second-order valence-corrected chi connectivity index (χ2v) is 5.68. The number of benzene rings is 1. The molecule has 1 amide bonds. The smallest absolute Gasteiger partial charge is 0.274 e. The fourth-order valence-electron chi connectivity index (χ4n) is 1.92. The molecular formula is C15H15BrN2O2. The number of aromatic nitrogens is 1. The van der Waals surface area contributed by atoms with Gasteiger partial charge in [-0.15, -0.1) is 0 Å². The molecule has 1 heterocycles. The van der Waals surface area contributed by atoms with Crippen LogP contribution in [0.4, 0.5) is 5.69 Å². The quantitative estimate of drug-likeness (QED) is 0.917. The van der Waals surface area contributed by atoms with Gasteiger partial charge in [-0.1, -0.05) is 15.9 Å². The molecule has 1 N–H and O–H groups in total. The third-order valence-electron chi connectivity index (χ3n) is 3.02. The second-order valence-electron chi connectivity index (χ2n) is 4.76. The number of carbonyl (C=O) groups excluding carboxylic acids is 1. The molecule has 4 nitrogen and oxygen atoms in total. The van der Waals surface area contributed by atoms with Crippen molar-refractivity contribution in [3.63, 3.8) is 0 Å². The van der Waals surface area contributed by atoms with Crippen molar-refractivity contribution in [2.24, 2.45) is 7.05 Å². The van der Waals surface area contributed by atoms with E-state index < -0.39 is 0 Å². The van der Waals surface area contributed by atoms with Crippen LogP contribution in [-0.4, -0.2) is 10.5 Å². The maximum Gasteiger partial charge on any atom is 0.274 e. The van der Waals surface area contributed by atoms with Crippen LogP contribution in [-0.2, 0) is 7.05 Å². The first kappa shape index (κ1) is 14.5. The van der Waals surface area contributed by atoms with E-state index in [-0.39, 0.29) is 11.5 Å². The van der Waals surface area contributed by atoms with Gasteiger partial charge in [0.15, 0.2) is 0 Å². The van der Waals surface area contributed by atoms with Gasteiger partial charge >= 0.3 is 0 Å². The lowest BCUT2D eigenvalue weighted by Crippen LogP contribution is -2.25. The number of rotatable bonds is 2. The minimum atomic E-state index is -0.291. The van der Waals surface area contributed by atoms with Crippen molar-refractivity contribution in [3.05, 3.63) is 62.0 Å². The zero-order valence-corrected chi connectivity index (χ0v) is 13.1.